The van der Waals surface area contributed by atoms with Crippen LogP contribution in [0.3, 0.4) is 0 Å². The fraction of sp³-hybridized carbons (Fsp3) is 0.474. The Balaban J connectivity index is 1.31. The van der Waals surface area contributed by atoms with Crippen molar-refractivity contribution in [3.05, 3.63) is 35.2 Å². The van der Waals surface area contributed by atoms with Gasteiger partial charge in [0.25, 0.3) is 0 Å². The molecule has 1 amide bonds. The minimum Gasteiger partial charge on any atom is -0.440 e. The van der Waals surface area contributed by atoms with E-state index in [4.69, 9.17) is 4.42 Å². The first-order valence-electron chi connectivity index (χ1n) is 9.41. The number of hydrogen-bond acceptors (Lipinski definition) is 7. The number of amides is 1. The number of benzene rings is 1. The van der Waals surface area contributed by atoms with Crippen LogP contribution in [0.25, 0.3) is 11.1 Å². The molecule has 1 fully saturated rings. The maximum Gasteiger partial charge on any atom is 0.227 e. The third-order valence-electron chi connectivity index (χ3n) is 4.84. The van der Waals surface area contributed by atoms with Gasteiger partial charge in [-0.25, -0.2) is 4.98 Å². The average Bonchev–Trinajstić information content (AvgIpc) is 3.33. The molecule has 3 heterocycles. The molecule has 0 unspecified atom stereocenters. The molecule has 1 aromatic carbocycles. The summed E-state index contributed by atoms with van der Waals surface area (Å²) in [5.41, 5.74) is 1.75. The van der Waals surface area contributed by atoms with E-state index in [1.807, 2.05) is 31.2 Å². The number of carbonyl (C=O) groups excluding carboxylic acids is 1. The predicted molar refractivity (Wildman–Crippen MR) is 105 cm³/mol. The summed E-state index contributed by atoms with van der Waals surface area (Å²) < 4.78 is 5.94. The lowest BCUT2D eigenvalue weighted by Crippen LogP contribution is -2.36. The van der Waals surface area contributed by atoms with E-state index in [2.05, 4.69) is 25.4 Å². The Labute approximate surface area is 161 Å². The average molecular weight is 385 g/mol. The Morgan fingerprint density at radius 3 is 3.07 bits per heavy atom. The molecule has 1 saturated heterocycles. The molecular weight excluding hydrogens is 362 g/mol. The fourth-order valence-corrected chi connectivity index (χ4v) is 4.11. The zero-order chi connectivity index (χ0) is 18.6. The Hall–Kier alpha value is -2.32. The molecule has 1 aliphatic heterocycles. The van der Waals surface area contributed by atoms with Gasteiger partial charge in [0.05, 0.1) is 0 Å². The van der Waals surface area contributed by atoms with Crippen LogP contribution in [-0.4, -0.2) is 45.6 Å². The van der Waals surface area contributed by atoms with Crippen LogP contribution < -0.4 is 5.32 Å². The Kier molecular flexibility index (Phi) is 5.45. The van der Waals surface area contributed by atoms with Crippen LogP contribution in [0.15, 0.2) is 28.7 Å². The van der Waals surface area contributed by atoms with E-state index in [1.165, 1.54) is 11.3 Å². The SMILES string of the molecule is CCc1nnc(NC(=O)CCN2CCC[C@H](c3nc4ccccc4o3)C2)s1. The molecule has 142 valence electrons. The van der Waals surface area contributed by atoms with Crippen molar-refractivity contribution in [2.45, 2.75) is 38.5 Å². The van der Waals surface area contributed by atoms with Crippen molar-refractivity contribution in [3.8, 4) is 0 Å². The van der Waals surface area contributed by atoms with Crippen molar-refractivity contribution in [3.63, 3.8) is 0 Å². The Morgan fingerprint density at radius 1 is 1.37 bits per heavy atom. The summed E-state index contributed by atoms with van der Waals surface area (Å²) in [4.78, 5) is 19.2. The van der Waals surface area contributed by atoms with Crippen molar-refractivity contribution < 1.29 is 9.21 Å². The molecule has 0 aliphatic carbocycles. The second-order valence-corrected chi connectivity index (χ2v) is 7.87. The van der Waals surface area contributed by atoms with Crippen LogP contribution in [0.4, 0.5) is 5.13 Å². The molecule has 27 heavy (non-hydrogen) atoms. The number of fused-ring (bicyclic) bond motifs is 1. The van der Waals surface area contributed by atoms with E-state index in [0.717, 1.165) is 60.9 Å². The monoisotopic (exact) mass is 385 g/mol. The summed E-state index contributed by atoms with van der Waals surface area (Å²) in [5.74, 6) is 1.08. The topological polar surface area (TPSA) is 84.2 Å². The molecule has 4 rings (SSSR count). The van der Waals surface area contributed by atoms with Gasteiger partial charge in [-0.1, -0.05) is 30.4 Å². The number of aryl methyl sites for hydroxylation is 1. The highest BCUT2D eigenvalue weighted by Gasteiger charge is 2.25. The number of anilines is 1. The Morgan fingerprint density at radius 2 is 2.26 bits per heavy atom. The lowest BCUT2D eigenvalue weighted by atomic mass is 9.98. The number of rotatable bonds is 6. The van der Waals surface area contributed by atoms with Crippen molar-refractivity contribution in [2.24, 2.45) is 0 Å². The van der Waals surface area contributed by atoms with Crippen molar-refractivity contribution in [2.75, 3.05) is 25.0 Å². The van der Waals surface area contributed by atoms with Crippen LogP contribution in [0, 0.1) is 0 Å². The number of para-hydroxylation sites is 2. The zero-order valence-electron chi connectivity index (χ0n) is 15.4. The highest BCUT2D eigenvalue weighted by molar-refractivity contribution is 7.15. The smallest absolute Gasteiger partial charge is 0.227 e. The van der Waals surface area contributed by atoms with Gasteiger partial charge < -0.3 is 14.6 Å². The van der Waals surface area contributed by atoms with E-state index in [9.17, 15) is 4.79 Å². The van der Waals surface area contributed by atoms with Crippen LogP contribution in [0.1, 0.15) is 43.0 Å². The lowest BCUT2D eigenvalue weighted by molar-refractivity contribution is -0.116. The first-order valence-corrected chi connectivity index (χ1v) is 10.2. The van der Waals surface area contributed by atoms with E-state index >= 15 is 0 Å². The summed E-state index contributed by atoms with van der Waals surface area (Å²) >= 11 is 1.43. The van der Waals surface area contributed by atoms with Gasteiger partial charge in [0.1, 0.15) is 10.5 Å². The number of likely N-dealkylation sites (tertiary alicyclic amines) is 1. The highest BCUT2D eigenvalue weighted by Crippen LogP contribution is 2.29. The standard InChI is InChI=1S/C19H23N5O2S/c1-2-17-22-23-19(27-17)21-16(25)9-11-24-10-5-6-13(12-24)18-20-14-7-3-4-8-15(14)26-18/h3-4,7-8,13H,2,5-6,9-12H2,1H3,(H,21,23,25)/t13-/m0/s1. The minimum absolute atomic E-state index is 0.0159. The first-order chi connectivity index (χ1) is 13.2. The fourth-order valence-electron chi connectivity index (χ4n) is 3.41. The van der Waals surface area contributed by atoms with Crippen molar-refractivity contribution in [1.82, 2.24) is 20.1 Å². The van der Waals surface area contributed by atoms with Gasteiger partial charge in [-0.2, -0.15) is 0 Å². The molecule has 1 N–H and O–H groups in total. The number of aromatic nitrogens is 3. The van der Waals surface area contributed by atoms with E-state index in [0.29, 0.717) is 11.6 Å². The summed E-state index contributed by atoms with van der Waals surface area (Å²) in [7, 11) is 0. The molecule has 1 atom stereocenters. The second kappa shape index (κ2) is 8.14. The van der Waals surface area contributed by atoms with E-state index in [1.54, 1.807) is 0 Å². The van der Waals surface area contributed by atoms with Gasteiger partial charge in [-0.15, -0.1) is 10.2 Å². The normalized spacial score (nSPS) is 18.0. The largest absolute Gasteiger partial charge is 0.440 e. The van der Waals surface area contributed by atoms with Gasteiger partial charge in [0, 0.05) is 25.4 Å². The van der Waals surface area contributed by atoms with Gasteiger partial charge in [-0.05, 0) is 37.9 Å². The maximum atomic E-state index is 12.2. The molecule has 2 aromatic heterocycles. The summed E-state index contributed by atoms with van der Waals surface area (Å²) in [6.45, 7) is 4.62. The van der Waals surface area contributed by atoms with Gasteiger partial charge in [-0.3, -0.25) is 4.79 Å². The first kappa shape index (κ1) is 18.1. The second-order valence-electron chi connectivity index (χ2n) is 6.81. The van der Waals surface area contributed by atoms with E-state index < -0.39 is 0 Å². The molecule has 0 saturated carbocycles. The lowest BCUT2D eigenvalue weighted by Gasteiger charge is -2.30. The number of oxazole rings is 1. The molecule has 0 radical (unpaired) electrons. The summed E-state index contributed by atoms with van der Waals surface area (Å²) in [6.07, 6.45) is 3.43. The predicted octanol–water partition coefficient (Wildman–Crippen LogP) is 3.45. The number of carbonyl (C=O) groups is 1. The van der Waals surface area contributed by atoms with Gasteiger partial charge >= 0.3 is 0 Å². The highest BCUT2D eigenvalue weighted by atomic mass is 32.1. The van der Waals surface area contributed by atoms with Crippen LogP contribution in [0.2, 0.25) is 0 Å². The molecule has 7 nitrogen and oxygen atoms in total. The van der Waals surface area contributed by atoms with Crippen molar-refractivity contribution >= 4 is 33.5 Å². The molecule has 8 heteroatoms. The molecule has 0 spiro atoms. The van der Waals surface area contributed by atoms with E-state index in [-0.39, 0.29) is 11.8 Å². The third-order valence-corrected chi connectivity index (χ3v) is 5.82. The number of piperidine rings is 1. The quantitative estimate of drug-likeness (QED) is 0.700. The molecule has 1 aliphatic rings. The summed E-state index contributed by atoms with van der Waals surface area (Å²) in [5, 5.41) is 12.4. The molecular formula is C19H23N5O2S. The Bertz CT molecular complexity index is 889. The number of nitrogens with one attached hydrogen (secondary N) is 1. The van der Waals surface area contributed by atoms with Crippen LogP contribution in [-0.2, 0) is 11.2 Å². The minimum atomic E-state index is -0.0159. The third kappa shape index (κ3) is 4.33. The zero-order valence-corrected chi connectivity index (χ0v) is 16.2. The van der Waals surface area contributed by atoms with Crippen molar-refractivity contribution in [1.29, 1.82) is 0 Å². The maximum absolute atomic E-state index is 12.2. The number of nitrogens with zero attached hydrogens (tertiary/aromatic N) is 4. The summed E-state index contributed by atoms with van der Waals surface area (Å²) in [6, 6.07) is 7.87. The molecule has 0 bridgehead atoms. The molecule has 3 aromatic rings. The van der Waals surface area contributed by atoms with Gasteiger partial charge in [0.15, 0.2) is 11.5 Å². The van der Waals surface area contributed by atoms with Gasteiger partial charge in [0.2, 0.25) is 11.0 Å². The van der Waals surface area contributed by atoms with Crippen LogP contribution >= 0.6 is 11.3 Å². The van der Waals surface area contributed by atoms with Crippen LogP contribution in [0.5, 0.6) is 0 Å². The number of hydrogen-bond donors (Lipinski definition) is 1.